The second kappa shape index (κ2) is 21.2. The fourth-order valence-corrected chi connectivity index (χ4v) is 10.2. The minimum atomic E-state index is -0.591. The second-order valence-electron chi connectivity index (χ2n) is 19.3. The van der Waals surface area contributed by atoms with Crippen molar-refractivity contribution in [3.05, 3.63) is 83.9 Å². The molecule has 6 amide bonds. The number of aliphatic hydroxyl groups excluding tert-OH is 1. The van der Waals surface area contributed by atoms with Gasteiger partial charge in [-0.05, 0) is 117 Å². The van der Waals surface area contributed by atoms with E-state index in [0.29, 0.717) is 82.7 Å². The molecule has 17 nitrogen and oxygen atoms in total. The Bertz CT molecular complexity index is 2720. The van der Waals surface area contributed by atoms with Crippen LogP contribution in [0.5, 0.6) is 11.5 Å². The number of aromatic amines is 1. The number of nitrogens with one attached hydrogen (secondary N) is 3. The van der Waals surface area contributed by atoms with Crippen molar-refractivity contribution in [2.24, 2.45) is 11.8 Å². The third-order valence-corrected chi connectivity index (χ3v) is 14.0. The molecular formula is C52H62FN9O8. The third-order valence-electron chi connectivity index (χ3n) is 14.0. The quantitative estimate of drug-likeness (QED) is 0.0877. The number of likely N-dealkylation sites (tertiary alicyclic amines) is 3. The molecular weight excluding hydrogens is 898 g/mol. The minimum absolute atomic E-state index is 0.00418. The highest BCUT2D eigenvalue weighted by Crippen LogP contribution is 2.36. The van der Waals surface area contributed by atoms with E-state index in [1.807, 2.05) is 42.2 Å². The Morgan fingerprint density at radius 1 is 0.914 bits per heavy atom. The van der Waals surface area contributed by atoms with Crippen molar-refractivity contribution in [3.8, 4) is 34.0 Å². The number of hydrogen-bond acceptors (Lipinski definition) is 11. The lowest BCUT2D eigenvalue weighted by molar-refractivity contribution is -0.120. The lowest BCUT2D eigenvalue weighted by Gasteiger charge is -2.34. The summed E-state index contributed by atoms with van der Waals surface area (Å²) < 4.78 is 33.4. The van der Waals surface area contributed by atoms with Gasteiger partial charge in [-0.1, -0.05) is 13.8 Å². The number of urea groups is 2. The van der Waals surface area contributed by atoms with Crippen molar-refractivity contribution >= 4 is 46.3 Å². The van der Waals surface area contributed by atoms with Gasteiger partial charge in [0, 0.05) is 92.6 Å². The highest BCUT2D eigenvalue weighted by molar-refractivity contribution is 6.07. The molecule has 0 aliphatic carbocycles. The van der Waals surface area contributed by atoms with E-state index in [4.69, 9.17) is 14.2 Å². The zero-order valence-electron chi connectivity index (χ0n) is 40.2. The molecule has 9 rings (SSSR count). The lowest BCUT2D eigenvalue weighted by Crippen LogP contribution is -2.49. The van der Waals surface area contributed by atoms with E-state index in [0.717, 1.165) is 68.7 Å². The highest BCUT2D eigenvalue weighted by atomic mass is 19.1. The molecule has 2 aromatic heterocycles. The molecule has 3 aromatic carbocycles. The number of imide groups is 1. The molecule has 0 spiro atoms. The van der Waals surface area contributed by atoms with Crippen LogP contribution in [0.3, 0.4) is 0 Å². The number of β-amino-alcohol motifs (C(OH)–C–C–N with tert-alkyl or cyclic N) is 1. The monoisotopic (exact) mass is 959 g/mol. The van der Waals surface area contributed by atoms with Gasteiger partial charge in [0.15, 0.2) is 0 Å². The number of anilines is 2. The van der Waals surface area contributed by atoms with E-state index < -0.39 is 18.0 Å². The second-order valence-corrected chi connectivity index (χ2v) is 19.3. The van der Waals surface area contributed by atoms with Crippen LogP contribution in [0.4, 0.5) is 25.4 Å². The number of benzene rings is 3. The average Bonchev–Trinajstić information content (AvgIpc) is 3.96. The summed E-state index contributed by atoms with van der Waals surface area (Å²) >= 11 is 0. The van der Waals surface area contributed by atoms with Crippen LogP contribution in [0.2, 0.25) is 0 Å². The van der Waals surface area contributed by atoms with Crippen molar-refractivity contribution in [2.45, 2.75) is 77.6 Å². The Kier molecular flexibility index (Phi) is 14.6. The van der Waals surface area contributed by atoms with Crippen molar-refractivity contribution < 1.29 is 42.9 Å². The van der Waals surface area contributed by atoms with Gasteiger partial charge >= 0.3 is 12.1 Å². The van der Waals surface area contributed by atoms with Gasteiger partial charge in [0.1, 0.15) is 35.4 Å². The molecule has 6 heterocycles. The van der Waals surface area contributed by atoms with Gasteiger partial charge in [-0.25, -0.2) is 23.9 Å². The standard InChI is InChI=1S/C52H62FN9O8/c1-31(2)23-35-28-61(29-45(35)63)51(66)57-42-26-36(53)25-40(32(42)3)48-41-27-43(56-49(41)55-30-54-48)33-5-8-38(9-6-33)70-39-11-16-59(17-12-39)21-22-69-37-13-18-60(19-14-37)50(65)34-7-10-46(68-4)44(24-34)62-20-15-47(64)58-52(62)67/h5-10,24-27,30-31,35,37,39,45,63H,11-23,28-29H2,1-4H3,(H,57,66)(H,54,55,56)(H,58,64,67). The number of H-pyrrole nitrogens is 1. The summed E-state index contributed by atoms with van der Waals surface area (Å²) in [5.41, 5.74) is 5.33. The number of halogens is 1. The largest absolute Gasteiger partial charge is 0.495 e. The number of hydrogen-bond donors (Lipinski definition) is 4. The van der Waals surface area contributed by atoms with Gasteiger partial charge in [-0.2, -0.15) is 0 Å². The third kappa shape index (κ3) is 10.9. The van der Waals surface area contributed by atoms with Crippen molar-refractivity contribution in [1.29, 1.82) is 0 Å². The molecule has 4 aliphatic rings. The maximum atomic E-state index is 15.2. The topological polar surface area (TPSA) is 195 Å². The van der Waals surface area contributed by atoms with Gasteiger partial charge in [-0.15, -0.1) is 0 Å². The van der Waals surface area contributed by atoms with Crippen LogP contribution in [0.15, 0.2) is 67.0 Å². The highest BCUT2D eigenvalue weighted by Gasteiger charge is 2.35. The Hall–Kier alpha value is -6.63. The number of piperidine rings is 2. The molecule has 0 radical (unpaired) electrons. The average molecular weight is 960 g/mol. The molecule has 2 unspecified atom stereocenters. The maximum absolute atomic E-state index is 15.2. The molecule has 0 saturated carbocycles. The molecule has 5 aromatic rings. The lowest BCUT2D eigenvalue weighted by atomic mass is 9.95. The van der Waals surface area contributed by atoms with E-state index in [1.54, 1.807) is 23.1 Å². The summed E-state index contributed by atoms with van der Waals surface area (Å²) in [6.45, 7) is 11.3. The maximum Gasteiger partial charge on any atom is 0.328 e. The summed E-state index contributed by atoms with van der Waals surface area (Å²) in [5.74, 6) is 0.679. The Morgan fingerprint density at radius 3 is 2.40 bits per heavy atom. The van der Waals surface area contributed by atoms with Crippen LogP contribution in [-0.2, 0) is 9.53 Å². The normalized spacial score (nSPS) is 19.6. The van der Waals surface area contributed by atoms with Crippen LogP contribution in [-0.4, -0.2) is 143 Å². The number of rotatable bonds is 14. The zero-order chi connectivity index (χ0) is 49.1. The summed E-state index contributed by atoms with van der Waals surface area (Å²) in [6, 6.07) is 16.8. The van der Waals surface area contributed by atoms with E-state index in [-0.39, 0.29) is 55.5 Å². The number of aromatic nitrogens is 3. The van der Waals surface area contributed by atoms with E-state index >= 15 is 4.39 Å². The van der Waals surface area contributed by atoms with Crippen molar-refractivity contribution in [2.75, 3.05) is 76.3 Å². The fourth-order valence-electron chi connectivity index (χ4n) is 10.2. The summed E-state index contributed by atoms with van der Waals surface area (Å²) in [5, 5.41) is 16.5. The number of carbonyl (C=O) groups is 4. The van der Waals surface area contributed by atoms with Crippen molar-refractivity contribution in [1.82, 2.24) is 35.0 Å². The predicted molar refractivity (Wildman–Crippen MR) is 262 cm³/mol. The fraction of sp³-hybridized carbons (Fsp3) is 0.462. The number of ether oxygens (including phenoxy) is 3. The van der Waals surface area contributed by atoms with E-state index in [2.05, 4.69) is 44.3 Å². The van der Waals surface area contributed by atoms with Crippen LogP contribution >= 0.6 is 0 Å². The van der Waals surface area contributed by atoms with Gasteiger partial charge < -0.3 is 44.3 Å². The number of nitrogens with zero attached hydrogens (tertiary/aromatic N) is 6. The summed E-state index contributed by atoms with van der Waals surface area (Å²) in [7, 11) is 1.50. The number of amides is 6. The van der Waals surface area contributed by atoms with Gasteiger partial charge in [0.05, 0.1) is 37.3 Å². The minimum Gasteiger partial charge on any atom is -0.495 e. The molecule has 0 bridgehead atoms. The Labute approximate surface area is 406 Å². The molecule has 18 heteroatoms. The first-order chi connectivity index (χ1) is 33.8. The molecule has 4 saturated heterocycles. The molecule has 4 N–H and O–H groups in total. The summed E-state index contributed by atoms with van der Waals surface area (Å²) in [4.78, 5) is 70.8. The predicted octanol–water partition coefficient (Wildman–Crippen LogP) is 7.23. The van der Waals surface area contributed by atoms with Crippen LogP contribution in [0, 0.1) is 24.6 Å². The van der Waals surface area contributed by atoms with Gasteiger partial charge in [-0.3, -0.25) is 19.8 Å². The Morgan fingerprint density at radius 2 is 1.67 bits per heavy atom. The van der Waals surface area contributed by atoms with Crippen LogP contribution in [0.25, 0.3) is 33.5 Å². The van der Waals surface area contributed by atoms with Crippen molar-refractivity contribution in [3.63, 3.8) is 0 Å². The smallest absolute Gasteiger partial charge is 0.328 e. The molecule has 2 atom stereocenters. The number of aliphatic hydroxyl groups is 1. The van der Waals surface area contributed by atoms with Crippen LogP contribution < -0.4 is 25.0 Å². The van der Waals surface area contributed by atoms with Gasteiger partial charge in [0.25, 0.3) is 5.91 Å². The van der Waals surface area contributed by atoms with E-state index in [1.165, 1.54) is 30.5 Å². The molecule has 4 fully saturated rings. The number of methoxy groups -OCH3 is 1. The number of carbonyl (C=O) groups excluding carboxylic acids is 4. The SMILES string of the molecule is COc1ccc(C(=O)N2CCC(OCCN3CCC(Oc4ccc(-c5cc6c(-c7cc(F)cc(NC(=O)N8CC(O)C(CC(C)C)C8)c7C)ncnc6[nH]5)cc4)CC3)CC2)cc1N1CCC(=O)NC1=O. The first kappa shape index (κ1) is 48.4. The first-order valence-electron chi connectivity index (χ1n) is 24.4. The zero-order valence-corrected chi connectivity index (χ0v) is 40.2. The van der Waals surface area contributed by atoms with Gasteiger partial charge in [0.2, 0.25) is 5.91 Å². The molecule has 70 heavy (non-hydrogen) atoms. The first-order valence-corrected chi connectivity index (χ1v) is 24.4. The number of fused-ring (bicyclic) bond motifs is 1. The van der Waals surface area contributed by atoms with Crippen LogP contribution in [0.1, 0.15) is 68.3 Å². The molecule has 4 aliphatic heterocycles. The van der Waals surface area contributed by atoms with E-state index in [9.17, 15) is 24.3 Å². The summed E-state index contributed by atoms with van der Waals surface area (Å²) in [6.07, 6.45) is 5.26. The molecule has 370 valence electrons. The Balaban J connectivity index is 0.730.